The van der Waals surface area contributed by atoms with Gasteiger partial charge in [0.25, 0.3) is 5.91 Å². The lowest BCUT2D eigenvalue weighted by atomic mass is 10.1. The van der Waals surface area contributed by atoms with Crippen molar-refractivity contribution < 1.29 is 27.5 Å². The summed E-state index contributed by atoms with van der Waals surface area (Å²) in [5.74, 6) is -2.37. The first kappa shape index (κ1) is 18.3. The Morgan fingerprint density at radius 2 is 1.59 bits per heavy atom. The van der Waals surface area contributed by atoms with Crippen molar-refractivity contribution in [3.8, 4) is 0 Å². The first-order chi connectivity index (χ1) is 13.0. The predicted octanol–water partition coefficient (Wildman–Crippen LogP) is 3.77. The Bertz CT molecular complexity index is 906. The average molecular weight is 371 g/mol. The SMILES string of the molecule is O=C(O[C@H](C(=O)NCc1ccc(F)cc1)c1ccc(F)cc1)c1ccco1. The van der Waals surface area contributed by atoms with Gasteiger partial charge in [0.1, 0.15) is 11.6 Å². The van der Waals surface area contributed by atoms with Crippen LogP contribution in [0.4, 0.5) is 8.78 Å². The standard InChI is InChI=1S/C20H15F2NO4/c21-15-7-3-13(4-8-15)12-23-19(24)18(14-5-9-16(22)10-6-14)27-20(25)17-2-1-11-26-17/h1-11,18H,12H2,(H,23,24)/t18-/m0/s1. The molecule has 0 radical (unpaired) electrons. The summed E-state index contributed by atoms with van der Waals surface area (Å²) in [6.45, 7) is 0.106. The van der Waals surface area contributed by atoms with Crippen molar-refractivity contribution in [3.05, 3.63) is 95.4 Å². The van der Waals surface area contributed by atoms with Gasteiger partial charge in [-0.15, -0.1) is 0 Å². The van der Waals surface area contributed by atoms with Crippen LogP contribution in [0, 0.1) is 11.6 Å². The van der Waals surface area contributed by atoms with E-state index in [0.29, 0.717) is 11.1 Å². The molecule has 1 atom stereocenters. The number of carbonyl (C=O) groups excluding carboxylic acids is 2. The molecule has 0 aliphatic heterocycles. The number of amides is 1. The van der Waals surface area contributed by atoms with Gasteiger partial charge in [0.2, 0.25) is 11.9 Å². The summed E-state index contributed by atoms with van der Waals surface area (Å²) in [7, 11) is 0. The molecular formula is C20H15F2NO4. The van der Waals surface area contributed by atoms with Gasteiger partial charge in [-0.05, 0) is 42.0 Å². The van der Waals surface area contributed by atoms with E-state index in [4.69, 9.17) is 9.15 Å². The zero-order chi connectivity index (χ0) is 19.2. The van der Waals surface area contributed by atoms with Gasteiger partial charge < -0.3 is 14.5 Å². The van der Waals surface area contributed by atoms with Crippen molar-refractivity contribution in [1.29, 1.82) is 0 Å². The van der Waals surface area contributed by atoms with Crippen LogP contribution in [0.25, 0.3) is 0 Å². The summed E-state index contributed by atoms with van der Waals surface area (Å²) in [5, 5.41) is 2.62. The molecule has 0 unspecified atom stereocenters. The van der Waals surface area contributed by atoms with Crippen LogP contribution in [-0.2, 0) is 16.1 Å². The maximum atomic E-state index is 13.2. The van der Waals surface area contributed by atoms with Crippen LogP contribution in [0.3, 0.4) is 0 Å². The Hall–Kier alpha value is -3.48. The van der Waals surface area contributed by atoms with Crippen LogP contribution < -0.4 is 5.32 Å². The normalized spacial score (nSPS) is 11.6. The lowest BCUT2D eigenvalue weighted by molar-refractivity contribution is -0.130. The number of nitrogens with one attached hydrogen (secondary N) is 1. The van der Waals surface area contributed by atoms with Gasteiger partial charge in [-0.3, -0.25) is 4.79 Å². The fourth-order valence-electron chi connectivity index (χ4n) is 2.35. The van der Waals surface area contributed by atoms with Crippen molar-refractivity contribution in [1.82, 2.24) is 5.32 Å². The molecule has 7 heteroatoms. The minimum absolute atomic E-state index is 0.0616. The maximum Gasteiger partial charge on any atom is 0.375 e. The van der Waals surface area contributed by atoms with Gasteiger partial charge in [0, 0.05) is 12.1 Å². The summed E-state index contributed by atoms with van der Waals surface area (Å²) in [6, 6.07) is 13.5. The Morgan fingerprint density at radius 3 is 2.19 bits per heavy atom. The molecule has 1 aromatic heterocycles. The highest BCUT2D eigenvalue weighted by atomic mass is 19.1. The Kier molecular flexibility index (Phi) is 5.61. The van der Waals surface area contributed by atoms with Crippen molar-refractivity contribution in [3.63, 3.8) is 0 Å². The number of hydrogen-bond donors (Lipinski definition) is 1. The third-order valence-corrected chi connectivity index (χ3v) is 3.74. The Morgan fingerprint density at radius 1 is 0.963 bits per heavy atom. The van der Waals surface area contributed by atoms with Gasteiger partial charge in [-0.2, -0.15) is 0 Å². The molecule has 0 aliphatic carbocycles. The lowest BCUT2D eigenvalue weighted by Gasteiger charge is -2.17. The molecule has 0 bridgehead atoms. The fourth-order valence-corrected chi connectivity index (χ4v) is 2.35. The van der Waals surface area contributed by atoms with Gasteiger partial charge >= 0.3 is 5.97 Å². The zero-order valence-corrected chi connectivity index (χ0v) is 14.0. The van der Waals surface area contributed by atoms with Crippen LogP contribution in [0.2, 0.25) is 0 Å². The molecule has 3 rings (SSSR count). The molecule has 0 saturated heterocycles. The molecule has 0 aliphatic rings. The van der Waals surface area contributed by atoms with Crippen molar-refractivity contribution in [2.24, 2.45) is 0 Å². The van der Waals surface area contributed by atoms with Crippen molar-refractivity contribution in [2.45, 2.75) is 12.6 Å². The van der Waals surface area contributed by atoms with Crippen LogP contribution >= 0.6 is 0 Å². The highest BCUT2D eigenvalue weighted by molar-refractivity contribution is 5.90. The van der Waals surface area contributed by atoms with E-state index < -0.39 is 23.8 Å². The molecule has 1 N–H and O–H groups in total. The van der Waals surface area contributed by atoms with Crippen LogP contribution in [0.5, 0.6) is 0 Å². The molecular weight excluding hydrogens is 356 g/mol. The zero-order valence-electron chi connectivity index (χ0n) is 14.0. The van der Waals surface area contributed by atoms with E-state index in [9.17, 15) is 18.4 Å². The first-order valence-electron chi connectivity index (χ1n) is 8.05. The van der Waals surface area contributed by atoms with Gasteiger partial charge in [0.15, 0.2) is 0 Å². The first-order valence-corrected chi connectivity index (χ1v) is 8.05. The van der Waals surface area contributed by atoms with E-state index >= 15 is 0 Å². The summed E-state index contributed by atoms with van der Waals surface area (Å²) in [4.78, 5) is 24.7. The molecule has 1 heterocycles. The number of esters is 1. The fraction of sp³-hybridized carbons (Fsp3) is 0.100. The molecule has 3 aromatic rings. The van der Waals surface area contributed by atoms with E-state index in [1.807, 2.05) is 0 Å². The highest BCUT2D eigenvalue weighted by Gasteiger charge is 2.26. The quantitative estimate of drug-likeness (QED) is 0.670. The van der Waals surface area contributed by atoms with Crippen molar-refractivity contribution in [2.75, 3.05) is 0 Å². The number of halogens is 2. The number of hydrogen-bond acceptors (Lipinski definition) is 4. The van der Waals surface area contributed by atoms with Gasteiger partial charge in [-0.1, -0.05) is 24.3 Å². The van der Waals surface area contributed by atoms with Crippen LogP contribution in [0.1, 0.15) is 27.8 Å². The molecule has 138 valence electrons. The van der Waals surface area contributed by atoms with Crippen molar-refractivity contribution >= 4 is 11.9 Å². The van der Waals surface area contributed by atoms with E-state index in [1.165, 1.54) is 54.8 Å². The second kappa shape index (κ2) is 8.27. The second-order valence-electron chi connectivity index (χ2n) is 5.66. The second-order valence-corrected chi connectivity index (χ2v) is 5.66. The summed E-state index contributed by atoms with van der Waals surface area (Å²) in [5.41, 5.74) is 0.966. The monoisotopic (exact) mass is 371 g/mol. The number of ether oxygens (including phenoxy) is 1. The third-order valence-electron chi connectivity index (χ3n) is 3.74. The smallest absolute Gasteiger partial charge is 0.375 e. The molecule has 0 spiro atoms. The van der Waals surface area contributed by atoms with E-state index in [1.54, 1.807) is 0 Å². The molecule has 5 nitrogen and oxygen atoms in total. The molecule has 2 aromatic carbocycles. The summed E-state index contributed by atoms with van der Waals surface area (Å²) < 4.78 is 36.4. The largest absolute Gasteiger partial charge is 0.457 e. The Balaban J connectivity index is 1.75. The maximum absolute atomic E-state index is 13.2. The van der Waals surface area contributed by atoms with E-state index in [0.717, 1.165) is 12.1 Å². The van der Waals surface area contributed by atoms with Gasteiger partial charge in [0.05, 0.1) is 6.26 Å². The van der Waals surface area contributed by atoms with E-state index in [2.05, 4.69) is 5.32 Å². The molecule has 27 heavy (non-hydrogen) atoms. The molecule has 0 saturated carbocycles. The molecule has 0 fully saturated rings. The predicted molar refractivity (Wildman–Crippen MR) is 91.5 cm³/mol. The topological polar surface area (TPSA) is 68.5 Å². The highest BCUT2D eigenvalue weighted by Crippen LogP contribution is 2.21. The van der Waals surface area contributed by atoms with E-state index in [-0.39, 0.29) is 18.1 Å². The van der Waals surface area contributed by atoms with Gasteiger partial charge in [-0.25, -0.2) is 13.6 Å². The number of furan rings is 1. The summed E-state index contributed by atoms with van der Waals surface area (Å²) >= 11 is 0. The average Bonchev–Trinajstić information content (AvgIpc) is 3.21. The number of rotatable bonds is 6. The Labute approximate surface area is 153 Å². The minimum Gasteiger partial charge on any atom is -0.457 e. The molecule has 1 amide bonds. The van der Waals surface area contributed by atoms with Crippen LogP contribution in [0.15, 0.2) is 71.3 Å². The number of carbonyl (C=O) groups is 2. The third kappa shape index (κ3) is 4.78. The number of benzene rings is 2. The summed E-state index contributed by atoms with van der Waals surface area (Å²) in [6.07, 6.45) is 0.00149. The lowest BCUT2D eigenvalue weighted by Crippen LogP contribution is -2.31. The minimum atomic E-state index is -1.30. The van der Waals surface area contributed by atoms with Crippen LogP contribution in [-0.4, -0.2) is 11.9 Å².